The van der Waals surface area contributed by atoms with E-state index in [4.69, 9.17) is 0 Å². The normalized spacial score (nSPS) is 12.3. The molecule has 0 radical (unpaired) electrons. The zero-order valence-corrected chi connectivity index (χ0v) is 32.7. The van der Waals surface area contributed by atoms with Crippen molar-refractivity contribution in [2.75, 3.05) is 4.90 Å². The largest absolute Gasteiger partial charge is 0.317 e. The highest BCUT2D eigenvalue weighted by molar-refractivity contribution is 5.91. The summed E-state index contributed by atoms with van der Waals surface area (Å²) in [5.74, 6) is 0.233. The van der Waals surface area contributed by atoms with E-state index in [1.54, 1.807) is 0 Å². The Morgan fingerprint density at radius 3 is 1.93 bits per heavy atom. The predicted octanol–water partition coefficient (Wildman–Crippen LogP) is 14.9. The van der Waals surface area contributed by atoms with Crippen molar-refractivity contribution in [3.8, 4) is 27.9 Å². The predicted molar refractivity (Wildman–Crippen MR) is 248 cm³/mol. The molecule has 0 amide bonds. The Morgan fingerprint density at radius 1 is 0.424 bits per heavy atom. The summed E-state index contributed by atoms with van der Waals surface area (Å²) in [5, 5.41) is 3.75. The van der Waals surface area contributed by atoms with Crippen LogP contribution in [0.1, 0.15) is 33.7 Å². The molecule has 1 atom stereocenters. The highest BCUT2D eigenvalue weighted by atomic mass is 15.1. The smallest absolute Gasteiger partial charge is 0.0529 e. The quantitative estimate of drug-likeness (QED) is 0.142. The Balaban J connectivity index is 0.916. The van der Waals surface area contributed by atoms with Gasteiger partial charge in [-0.05, 0) is 140 Å². The molecule has 1 heterocycles. The molecule has 9 aromatic carbocycles. The molecular formula is C57H42N2. The third kappa shape index (κ3) is 6.59. The standard InChI is InChI=1S/C57H42N2/c1-5-13-41(14-6-1)43-23-24-45-36-46(26-25-44(45)35-43)55(42-15-7-2-8-16-42)33-40-21-22-47-37-49-39-52(27-29-54(49)56(47)34-40)59(51-19-11-4-12-20-51)53-28-30-57-48(38-53)31-32-58(57)50-17-9-3-10-18-50/h1-32,34-36,38-39,55H,33,37H2. The van der Waals surface area contributed by atoms with Crippen LogP contribution in [-0.4, -0.2) is 4.57 Å². The van der Waals surface area contributed by atoms with Crippen LogP contribution in [0.25, 0.3) is 49.6 Å². The van der Waals surface area contributed by atoms with Crippen molar-refractivity contribution < 1.29 is 0 Å². The second-order valence-corrected chi connectivity index (χ2v) is 15.8. The maximum atomic E-state index is 2.46. The summed E-state index contributed by atoms with van der Waals surface area (Å²) in [7, 11) is 0. The minimum absolute atomic E-state index is 0.233. The fourth-order valence-electron chi connectivity index (χ4n) is 9.24. The first kappa shape index (κ1) is 34.8. The average molecular weight is 755 g/mol. The molecule has 1 aliphatic carbocycles. The molecule has 2 nitrogen and oxygen atoms in total. The number of hydrogen-bond acceptors (Lipinski definition) is 1. The zero-order chi connectivity index (χ0) is 39.1. The summed E-state index contributed by atoms with van der Waals surface area (Å²) < 4.78 is 2.26. The van der Waals surface area contributed by atoms with Gasteiger partial charge >= 0.3 is 0 Å². The molecular weight excluding hydrogens is 713 g/mol. The fourth-order valence-corrected chi connectivity index (χ4v) is 9.24. The van der Waals surface area contributed by atoms with Gasteiger partial charge in [-0.2, -0.15) is 0 Å². The van der Waals surface area contributed by atoms with Gasteiger partial charge in [0.15, 0.2) is 0 Å². The summed E-state index contributed by atoms with van der Waals surface area (Å²) in [6.07, 6.45) is 4.02. The number of benzene rings is 9. The number of rotatable bonds is 9. The van der Waals surface area contributed by atoms with E-state index in [1.165, 1.54) is 83.1 Å². The maximum Gasteiger partial charge on any atom is 0.0529 e. The minimum atomic E-state index is 0.233. The first-order valence-electron chi connectivity index (χ1n) is 20.6. The third-order valence-electron chi connectivity index (χ3n) is 12.2. The van der Waals surface area contributed by atoms with Crippen LogP contribution in [0.4, 0.5) is 17.1 Å². The van der Waals surface area contributed by atoms with Gasteiger partial charge in [0.05, 0.1) is 5.52 Å². The van der Waals surface area contributed by atoms with Gasteiger partial charge < -0.3 is 9.47 Å². The van der Waals surface area contributed by atoms with Gasteiger partial charge in [0.2, 0.25) is 0 Å². The first-order chi connectivity index (χ1) is 29.2. The molecule has 0 N–H and O–H groups in total. The summed E-state index contributed by atoms with van der Waals surface area (Å²) in [6.45, 7) is 0. The van der Waals surface area contributed by atoms with Crippen molar-refractivity contribution in [1.82, 2.24) is 4.57 Å². The molecule has 59 heavy (non-hydrogen) atoms. The molecule has 0 fully saturated rings. The fraction of sp³-hybridized carbons (Fsp3) is 0.0526. The number of anilines is 3. The lowest BCUT2D eigenvalue weighted by Crippen LogP contribution is -2.10. The third-order valence-corrected chi connectivity index (χ3v) is 12.2. The van der Waals surface area contributed by atoms with E-state index in [2.05, 4.69) is 234 Å². The number of nitrogens with zero attached hydrogens (tertiary/aromatic N) is 2. The molecule has 2 heteroatoms. The van der Waals surface area contributed by atoms with Crippen LogP contribution in [-0.2, 0) is 12.8 Å². The lowest BCUT2D eigenvalue weighted by Gasteiger charge is -2.26. The number of hydrogen-bond donors (Lipinski definition) is 0. The van der Waals surface area contributed by atoms with Crippen molar-refractivity contribution in [1.29, 1.82) is 0 Å². The second-order valence-electron chi connectivity index (χ2n) is 15.8. The van der Waals surface area contributed by atoms with E-state index < -0.39 is 0 Å². The summed E-state index contributed by atoms with van der Waals surface area (Å²) in [6, 6.07) is 80.2. The number of aromatic nitrogens is 1. The van der Waals surface area contributed by atoms with Crippen LogP contribution >= 0.6 is 0 Å². The average Bonchev–Trinajstić information content (AvgIpc) is 3.90. The SMILES string of the molecule is c1ccc(-c2ccc3cc(C(Cc4ccc5c(c4)-c4ccc(N(c6ccccc6)c6ccc7c(ccn7-c7ccccc7)c6)cc4C5)c4ccccc4)ccc3c2)cc1. The Labute approximate surface area is 345 Å². The van der Waals surface area contributed by atoms with Crippen molar-refractivity contribution in [2.45, 2.75) is 18.8 Å². The monoisotopic (exact) mass is 754 g/mol. The Kier molecular flexibility index (Phi) is 8.74. The van der Waals surface area contributed by atoms with Gasteiger partial charge in [-0.25, -0.2) is 0 Å². The van der Waals surface area contributed by atoms with Gasteiger partial charge in [-0.3, -0.25) is 0 Å². The van der Waals surface area contributed by atoms with Crippen LogP contribution in [0, 0.1) is 0 Å². The highest BCUT2D eigenvalue weighted by Crippen LogP contribution is 2.43. The summed E-state index contributed by atoms with van der Waals surface area (Å²) in [5.41, 5.74) is 17.8. The molecule has 0 bridgehead atoms. The van der Waals surface area contributed by atoms with Crippen molar-refractivity contribution in [3.63, 3.8) is 0 Å². The van der Waals surface area contributed by atoms with Crippen molar-refractivity contribution >= 4 is 38.7 Å². The van der Waals surface area contributed by atoms with Crippen LogP contribution in [0.3, 0.4) is 0 Å². The number of para-hydroxylation sites is 2. The van der Waals surface area contributed by atoms with Crippen LogP contribution in [0.15, 0.2) is 225 Å². The lowest BCUT2D eigenvalue weighted by atomic mass is 9.84. The summed E-state index contributed by atoms with van der Waals surface area (Å²) >= 11 is 0. The van der Waals surface area contributed by atoms with E-state index >= 15 is 0 Å². The summed E-state index contributed by atoms with van der Waals surface area (Å²) in [4.78, 5) is 2.39. The Morgan fingerprint density at radius 2 is 1.12 bits per heavy atom. The molecule has 0 spiro atoms. The lowest BCUT2D eigenvalue weighted by molar-refractivity contribution is 0.806. The minimum Gasteiger partial charge on any atom is -0.317 e. The van der Waals surface area contributed by atoms with E-state index in [0.717, 1.165) is 24.2 Å². The molecule has 0 aliphatic heterocycles. The molecule has 11 rings (SSSR count). The van der Waals surface area contributed by atoms with Crippen LogP contribution < -0.4 is 4.90 Å². The molecule has 1 aliphatic rings. The maximum absolute atomic E-state index is 2.46. The molecule has 1 unspecified atom stereocenters. The van der Waals surface area contributed by atoms with E-state index in [-0.39, 0.29) is 5.92 Å². The molecule has 0 saturated carbocycles. The molecule has 1 aromatic heterocycles. The highest BCUT2D eigenvalue weighted by Gasteiger charge is 2.23. The zero-order valence-electron chi connectivity index (χ0n) is 32.7. The van der Waals surface area contributed by atoms with Gasteiger partial charge in [-0.15, -0.1) is 0 Å². The van der Waals surface area contributed by atoms with Crippen molar-refractivity contribution in [2.24, 2.45) is 0 Å². The van der Waals surface area contributed by atoms with Crippen molar-refractivity contribution in [3.05, 3.63) is 252 Å². The Bertz CT molecular complexity index is 3090. The van der Waals surface area contributed by atoms with Gasteiger partial charge in [0.25, 0.3) is 0 Å². The molecule has 10 aromatic rings. The van der Waals surface area contributed by atoms with Gasteiger partial charge in [-0.1, -0.05) is 152 Å². The van der Waals surface area contributed by atoms with Crippen LogP contribution in [0.2, 0.25) is 0 Å². The van der Waals surface area contributed by atoms with E-state index in [1.807, 2.05) is 0 Å². The van der Waals surface area contributed by atoms with E-state index in [0.29, 0.717) is 0 Å². The van der Waals surface area contributed by atoms with Gasteiger partial charge in [0, 0.05) is 40.3 Å². The second kappa shape index (κ2) is 14.8. The van der Waals surface area contributed by atoms with E-state index in [9.17, 15) is 0 Å². The Hall–Kier alpha value is -7.42. The van der Waals surface area contributed by atoms with Gasteiger partial charge in [0.1, 0.15) is 0 Å². The van der Waals surface area contributed by atoms with Crippen LogP contribution in [0.5, 0.6) is 0 Å². The number of fused-ring (bicyclic) bond motifs is 5. The first-order valence-corrected chi connectivity index (χ1v) is 20.6. The molecule has 0 saturated heterocycles. The molecule has 280 valence electrons. The topological polar surface area (TPSA) is 8.17 Å².